The molecule has 1 aromatic carbocycles. The average Bonchev–Trinajstić information content (AvgIpc) is 2.48. The maximum Gasteiger partial charge on any atom is 0.227 e. The number of ether oxygens (including phenoxy) is 2. The molecule has 0 radical (unpaired) electrons. The number of carbonyl (C=O) groups is 1. The van der Waals surface area contributed by atoms with Gasteiger partial charge in [0.25, 0.3) is 0 Å². The second kappa shape index (κ2) is 8.94. The number of amides is 1. The van der Waals surface area contributed by atoms with E-state index in [1.165, 1.54) is 0 Å². The first-order chi connectivity index (χ1) is 9.71. The Balaban J connectivity index is 2.61. The van der Waals surface area contributed by atoms with Crippen molar-refractivity contribution in [2.24, 2.45) is 0 Å². The van der Waals surface area contributed by atoms with Crippen molar-refractivity contribution in [1.82, 2.24) is 4.90 Å². The molecule has 0 N–H and O–H groups in total. The normalized spacial score (nSPS) is 9.85. The lowest BCUT2D eigenvalue weighted by atomic mass is 10.1. The highest BCUT2D eigenvalue weighted by Gasteiger charge is 2.13. The monoisotopic (exact) mass is 276 g/mol. The molecule has 5 nitrogen and oxygen atoms in total. The minimum atomic E-state index is 0.00228. The largest absolute Gasteiger partial charge is 0.497 e. The lowest BCUT2D eigenvalue weighted by molar-refractivity contribution is -0.131. The van der Waals surface area contributed by atoms with Crippen molar-refractivity contribution in [2.45, 2.75) is 12.8 Å². The first kappa shape index (κ1) is 16.0. The Morgan fingerprint density at radius 2 is 1.95 bits per heavy atom. The maximum absolute atomic E-state index is 12.2. The van der Waals surface area contributed by atoms with Crippen LogP contribution in [0.15, 0.2) is 24.3 Å². The third kappa shape index (κ3) is 5.29. The molecule has 0 fully saturated rings. The van der Waals surface area contributed by atoms with E-state index in [0.29, 0.717) is 32.5 Å². The maximum atomic E-state index is 12.2. The first-order valence-corrected chi connectivity index (χ1v) is 6.48. The summed E-state index contributed by atoms with van der Waals surface area (Å²) in [4.78, 5) is 13.9. The minimum Gasteiger partial charge on any atom is -0.497 e. The lowest BCUT2D eigenvalue weighted by Gasteiger charge is -2.21. The van der Waals surface area contributed by atoms with E-state index in [0.717, 1.165) is 11.3 Å². The van der Waals surface area contributed by atoms with Crippen molar-refractivity contribution in [3.8, 4) is 11.8 Å². The number of benzene rings is 1. The fourth-order valence-electron chi connectivity index (χ4n) is 1.78. The predicted octanol–water partition coefficient (Wildman–Crippen LogP) is 1.63. The van der Waals surface area contributed by atoms with Crippen LogP contribution in [0, 0.1) is 11.3 Å². The quantitative estimate of drug-likeness (QED) is 0.724. The predicted molar refractivity (Wildman–Crippen MR) is 75.4 cm³/mol. The molecule has 0 aliphatic rings. The zero-order valence-corrected chi connectivity index (χ0v) is 12.0. The summed E-state index contributed by atoms with van der Waals surface area (Å²) in [6, 6.07) is 9.46. The van der Waals surface area contributed by atoms with Gasteiger partial charge in [-0.15, -0.1) is 0 Å². The zero-order chi connectivity index (χ0) is 14.8. The number of hydrogen-bond donors (Lipinski definition) is 0. The van der Waals surface area contributed by atoms with Crippen LogP contribution in [0.4, 0.5) is 0 Å². The highest BCUT2D eigenvalue weighted by molar-refractivity contribution is 5.78. The molecule has 0 aliphatic carbocycles. The van der Waals surface area contributed by atoms with Crippen LogP contribution in [0.25, 0.3) is 0 Å². The van der Waals surface area contributed by atoms with Crippen molar-refractivity contribution in [3.63, 3.8) is 0 Å². The van der Waals surface area contributed by atoms with Gasteiger partial charge in [0, 0.05) is 20.2 Å². The van der Waals surface area contributed by atoms with Gasteiger partial charge in [0.05, 0.1) is 32.6 Å². The number of hydrogen-bond acceptors (Lipinski definition) is 4. The molecule has 0 atom stereocenters. The molecular formula is C15H20N2O3. The van der Waals surface area contributed by atoms with E-state index in [1.807, 2.05) is 24.3 Å². The van der Waals surface area contributed by atoms with E-state index in [1.54, 1.807) is 19.1 Å². The van der Waals surface area contributed by atoms with Gasteiger partial charge in [-0.3, -0.25) is 4.79 Å². The van der Waals surface area contributed by atoms with Gasteiger partial charge in [-0.1, -0.05) is 12.1 Å². The Morgan fingerprint density at radius 1 is 1.25 bits per heavy atom. The van der Waals surface area contributed by atoms with Crippen LogP contribution in [0.1, 0.15) is 12.0 Å². The van der Waals surface area contributed by atoms with Crippen molar-refractivity contribution >= 4 is 5.91 Å². The highest BCUT2D eigenvalue weighted by atomic mass is 16.5. The number of nitriles is 1. The van der Waals surface area contributed by atoms with Crippen molar-refractivity contribution in [3.05, 3.63) is 29.8 Å². The topological polar surface area (TPSA) is 62.6 Å². The van der Waals surface area contributed by atoms with Gasteiger partial charge in [0.2, 0.25) is 5.91 Å². The molecule has 1 aromatic rings. The summed E-state index contributed by atoms with van der Waals surface area (Å²) in [5.41, 5.74) is 0.926. The summed E-state index contributed by atoms with van der Waals surface area (Å²) in [5.74, 6) is 0.768. The van der Waals surface area contributed by atoms with Gasteiger partial charge in [0.15, 0.2) is 0 Å². The summed E-state index contributed by atoms with van der Waals surface area (Å²) in [6.45, 7) is 1.42. The van der Waals surface area contributed by atoms with Crippen LogP contribution in [-0.4, -0.2) is 44.7 Å². The van der Waals surface area contributed by atoms with Crippen molar-refractivity contribution in [2.75, 3.05) is 33.9 Å². The van der Waals surface area contributed by atoms with E-state index >= 15 is 0 Å². The smallest absolute Gasteiger partial charge is 0.227 e. The molecule has 0 aliphatic heterocycles. The third-order valence-electron chi connectivity index (χ3n) is 2.93. The third-order valence-corrected chi connectivity index (χ3v) is 2.93. The van der Waals surface area contributed by atoms with Crippen LogP contribution in [0.5, 0.6) is 5.75 Å². The summed E-state index contributed by atoms with van der Waals surface area (Å²) in [5, 5.41) is 8.64. The first-order valence-electron chi connectivity index (χ1n) is 6.48. The van der Waals surface area contributed by atoms with E-state index in [-0.39, 0.29) is 5.91 Å². The molecular weight excluding hydrogens is 256 g/mol. The number of rotatable bonds is 8. The van der Waals surface area contributed by atoms with Crippen LogP contribution in [0.2, 0.25) is 0 Å². The van der Waals surface area contributed by atoms with E-state index in [4.69, 9.17) is 14.7 Å². The number of nitrogens with zero attached hydrogens (tertiary/aromatic N) is 2. The number of methoxy groups -OCH3 is 2. The molecule has 0 aromatic heterocycles. The van der Waals surface area contributed by atoms with Gasteiger partial charge in [0.1, 0.15) is 5.75 Å². The fraction of sp³-hybridized carbons (Fsp3) is 0.467. The van der Waals surface area contributed by atoms with Crippen LogP contribution >= 0.6 is 0 Å². The van der Waals surface area contributed by atoms with Gasteiger partial charge in [-0.2, -0.15) is 5.26 Å². The van der Waals surface area contributed by atoms with Crippen molar-refractivity contribution < 1.29 is 14.3 Å². The average molecular weight is 276 g/mol. The molecule has 0 heterocycles. The van der Waals surface area contributed by atoms with E-state index in [2.05, 4.69) is 6.07 Å². The van der Waals surface area contributed by atoms with Crippen molar-refractivity contribution in [1.29, 1.82) is 5.26 Å². The van der Waals surface area contributed by atoms with Crippen LogP contribution in [-0.2, 0) is 16.0 Å². The zero-order valence-electron chi connectivity index (χ0n) is 12.0. The fourth-order valence-corrected chi connectivity index (χ4v) is 1.78. The molecule has 5 heteroatoms. The Labute approximate surface area is 119 Å². The molecule has 1 rings (SSSR count). The van der Waals surface area contributed by atoms with Gasteiger partial charge in [-0.25, -0.2) is 0 Å². The Hall–Kier alpha value is -2.06. The van der Waals surface area contributed by atoms with E-state index < -0.39 is 0 Å². The number of carbonyl (C=O) groups excluding carboxylic acids is 1. The van der Waals surface area contributed by atoms with Gasteiger partial charge in [-0.05, 0) is 17.7 Å². The summed E-state index contributed by atoms with van der Waals surface area (Å²) >= 11 is 0. The van der Waals surface area contributed by atoms with Crippen LogP contribution < -0.4 is 4.74 Å². The summed E-state index contributed by atoms with van der Waals surface area (Å²) in [7, 11) is 3.20. The van der Waals surface area contributed by atoms with Gasteiger partial charge >= 0.3 is 0 Å². The molecule has 108 valence electrons. The molecule has 1 amide bonds. The standard InChI is InChI=1S/C15H20N2O3/c1-19-11-10-17(9-3-8-16)15(18)12-13-4-6-14(20-2)7-5-13/h4-7H,3,9-12H2,1-2H3. The molecule has 0 saturated carbocycles. The second-order valence-electron chi connectivity index (χ2n) is 4.31. The molecule has 0 bridgehead atoms. The highest BCUT2D eigenvalue weighted by Crippen LogP contribution is 2.12. The Kier molecular flexibility index (Phi) is 7.15. The Morgan fingerprint density at radius 3 is 2.50 bits per heavy atom. The lowest BCUT2D eigenvalue weighted by Crippen LogP contribution is -2.35. The SMILES string of the molecule is COCCN(CCC#N)C(=O)Cc1ccc(OC)cc1. The van der Waals surface area contributed by atoms with Gasteiger partial charge < -0.3 is 14.4 Å². The second-order valence-corrected chi connectivity index (χ2v) is 4.31. The summed E-state index contributed by atoms with van der Waals surface area (Å²) < 4.78 is 10.1. The van der Waals surface area contributed by atoms with E-state index in [9.17, 15) is 4.79 Å². The summed E-state index contributed by atoms with van der Waals surface area (Å²) in [6.07, 6.45) is 0.650. The van der Waals surface area contributed by atoms with Crippen LogP contribution in [0.3, 0.4) is 0 Å². The Bertz CT molecular complexity index is 451. The molecule has 0 saturated heterocycles. The minimum absolute atomic E-state index is 0.00228. The molecule has 0 unspecified atom stereocenters. The molecule has 0 spiro atoms. The molecule has 20 heavy (non-hydrogen) atoms.